The fraction of sp³-hybridized carbons (Fsp3) is 1.00. The van der Waals surface area contributed by atoms with E-state index in [1.807, 2.05) is 0 Å². The average Bonchev–Trinajstić information content (AvgIpc) is 2.61. The van der Waals surface area contributed by atoms with E-state index in [2.05, 4.69) is 27.7 Å². The summed E-state index contributed by atoms with van der Waals surface area (Å²) in [5, 5.41) is 0. The minimum Gasteiger partial charge on any atom is -0.396 e. The lowest BCUT2D eigenvalue weighted by Crippen LogP contribution is -2.28. The van der Waals surface area contributed by atoms with Crippen molar-refractivity contribution in [3.63, 3.8) is 0 Å². The fourth-order valence-electron chi connectivity index (χ4n) is 3.41. The molecule has 1 unspecified atom stereocenters. The zero-order valence-electron chi connectivity index (χ0n) is 18.0. The molecule has 0 saturated heterocycles. The molecule has 152 valence electrons. The van der Waals surface area contributed by atoms with Crippen LogP contribution in [0.25, 0.3) is 0 Å². The Labute approximate surface area is 161 Å². The third-order valence-corrected chi connectivity index (χ3v) is 7.77. The van der Waals surface area contributed by atoms with Crippen LogP contribution < -0.4 is 0 Å². The van der Waals surface area contributed by atoms with Crippen molar-refractivity contribution in [1.82, 2.24) is 0 Å². The van der Waals surface area contributed by atoms with Gasteiger partial charge in [-0.15, -0.1) is 0 Å². The van der Waals surface area contributed by atoms with E-state index in [1.165, 1.54) is 89.1 Å². The van der Waals surface area contributed by atoms with Crippen molar-refractivity contribution in [2.45, 2.75) is 136 Å². The van der Waals surface area contributed by atoms with Gasteiger partial charge in [-0.3, -0.25) is 0 Å². The Morgan fingerprint density at radius 2 is 1.08 bits per heavy atom. The fourth-order valence-corrected chi connectivity index (χ4v) is 6.10. The van der Waals surface area contributed by atoms with Gasteiger partial charge in [-0.05, 0) is 25.4 Å². The van der Waals surface area contributed by atoms with Crippen LogP contribution in [0.4, 0.5) is 0 Å². The van der Waals surface area contributed by atoms with Gasteiger partial charge in [-0.2, -0.15) is 0 Å². The monoisotopic (exact) mass is 372 g/mol. The van der Waals surface area contributed by atoms with Crippen LogP contribution in [0.3, 0.4) is 0 Å². The predicted octanol–water partition coefficient (Wildman–Crippen LogP) is 7.61. The van der Waals surface area contributed by atoms with Crippen molar-refractivity contribution in [3.8, 4) is 0 Å². The molecule has 0 rings (SSSR count). The lowest BCUT2D eigenvalue weighted by Gasteiger charge is -2.24. The van der Waals surface area contributed by atoms with Crippen LogP contribution in [0.15, 0.2) is 0 Å². The third kappa shape index (κ3) is 17.3. The molecule has 0 aliphatic rings. The van der Waals surface area contributed by atoms with E-state index in [0.29, 0.717) is 0 Å². The maximum Gasteiger partial charge on any atom is 0.180 e. The second kappa shape index (κ2) is 20.4. The number of unbranched alkanes of at least 4 members (excludes halogenated alkanes) is 10. The summed E-state index contributed by atoms with van der Waals surface area (Å²) < 4.78 is 12.3. The molecule has 0 heterocycles. The van der Waals surface area contributed by atoms with Crippen molar-refractivity contribution >= 4 is 9.04 Å². The molecule has 0 N–H and O–H groups in total. The van der Waals surface area contributed by atoms with Gasteiger partial charge in [0.1, 0.15) is 6.29 Å². The minimum absolute atomic E-state index is 0.0758. The smallest absolute Gasteiger partial charge is 0.180 e. The van der Waals surface area contributed by atoms with E-state index in [9.17, 15) is 0 Å². The van der Waals surface area contributed by atoms with Gasteiger partial charge in [-0.25, -0.2) is 0 Å². The normalized spacial score (nSPS) is 12.8. The molecule has 3 heteroatoms. The quantitative estimate of drug-likeness (QED) is 0.124. The number of ether oxygens (including phenoxy) is 1. The van der Waals surface area contributed by atoms with Gasteiger partial charge in [0, 0.05) is 6.61 Å². The van der Waals surface area contributed by atoms with Crippen molar-refractivity contribution in [2.24, 2.45) is 0 Å². The van der Waals surface area contributed by atoms with E-state index in [1.54, 1.807) is 0 Å². The van der Waals surface area contributed by atoms with Gasteiger partial charge in [0.2, 0.25) is 0 Å². The van der Waals surface area contributed by atoms with E-state index < -0.39 is 9.04 Å². The molecule has 25 heavy (non-hydrogen) atoms. The Bertz CT molecular complexity index is 226. The number of hydrogen-bond donors (Lipinski definition) is 0. The summed E-state index contributed by atoms with van der Waals surface area (Å²) in [6, 6.07) is 2.71. The van der Waals surface area contributed by atoms with Crippen molar-refractivity contribution < 1.29 is 9.16 Å². The Kier molecular flexibility index (Phi) is 20.6. The average molecular weight is 373 g/mol. The van der Waals surface area contributed by atoms with Gasteiger partial charge in [0.15, 0.2) is 9.04 Å². The van der Waals surface area contributed by atoms with Crippen LogP contribution in [-0.4, -0.2) is 21.9 Å². The number of hydrogen-bond acceptors (Lipinski definition) is 2. The summed E-state index contributed by atoms with van der Waals surface area (Å²) >= 11 is 0. The Morgan fingerprint density at radius 1 is 0.600 bits per heavy atom. The second-order valence-corrected chi connectivity index (χ2v) is 10.2. The predicted molar refractivity (Wildman–Crippen MR) is 115 cm³/mol. The summed E-state index contributed by atoms with van der Waals surface area (Å²) in [5.41, 5.74) is 0. The SMILES string of the molecule is CCCCCCCC[SiH](CCCCCCCC)OC(CCC)OCC. The standard InChI is InChI=1S/C22H48O2Si/c1-5-9-11-13-15-17-20-25(21-18-16-14-12-10-6-2)24-22(19-7-3)23-8-4/h22,25H,5-21H2,1-4H3. The van der Waals surface area contributed by atoms with Crippen LogP contribution in [0.1, 0.15) is 118 Å². The molecule has 0 aliphatic carbocycles. The van der Waals surface area contributed by atoms with Gasteiger partial charge in [-0.1, -0.05) is 104 Å². The Balaban J connectivity index is 4.10. The Morgan fingerprint density at radius 3 is 1.52 bits per heavy atom. The summed E-state index contributed by atoms with van der Waals surface area (Å²) in [5.74, 6) is 0. The highest BCUT2D eigenvalue weighted by Gasteiger charge is 2.17. The van der Waals surface area contributed by atoms with Gasteiger partial charge >= 0.3 is 0 Å². The van der Waals surface area contributed by atoms with Gasteiger partial charge in [0.25, 0.3) is 0 Å². The first kappa shape index (κ1) is 25.1. The molecule has 0 aromatic carbocycles. The van der Waals surface area contributed by atoms with Crippen molar-refractivity contribution in [2.75, 3.05) is 6.61 Å². The lowest BCUT2D eigenvalue weighted by atomic mass is 10.1. The molecule has 0 amide bonds. The highest BCUT2D eigenvalue weighted by molar-refractivity contribution is 6.51. The molecule has 0 aromatic heterocycles. The van der Waals surface area contributed by atoms with Crippen molar-refractivity contribution in [3.05, 3.63) is 0 Å². The molecule has 0 aliphatic heterocycles. The first-order valence-electron chi connectivity index (χ1n) is 11.5. The third-order valence-electron chi connectivity index (χ3n) is 4.98. The van der Waals surface area contributed by atoms with E-state index >= 15 is 0 Å². The van der Waals surface area contributed by atoms with E-state index in [-0.39, 0.29) is 6.29 Å². The van der Waals surface area contributed by atoms with Crippen LogP contribution in [0, 0.1) is 0 Å². The molecule has 0 fully saturated rings. The maximum atomic E-state index is 6.50. The van der Waals surface area contributed by atoms with Crippen LogP contribution in [-0.2, 0) is 9.16 Å². The molecule has 0 spiro atoms. The molecule has 0 aromatic rings. The van der Waals surface area contributed by atoms with Gasteiger partial charge in [0.05, 0.1) is 0 Å². The zero-order chi connectivity index (χ0) is 18.6. The summed E-state index contributed by atoms with van der Waals surface area (Å²) in [6.07, 6.45) is 19.0. The van der Waals surface area contributed by atoms with Crippen LogP contribution in [0.5, 0.6) is 0 Å². The lowest BCUT2D eigenvalue weighted by molar-refractivity contribution is -0.0832. The zero-order valence-corrected chi connectivity index (χ0v) is 19.1. The second-order valence-electron chi connectivity index (χ2n) is 7.54. The maximum absolute atomic E-state index is 6.50. The molecule has 2 nitrogen and oxygen atoms in total. The number of rotatable bonds is 20. The summed E-state index contributed by atoms with van der Waals surface area (Å²) in [7, 11) is -1.10. The highest BCUT2D eigenvalue weighted by Crippen LogP contribution is 2.18. The van der Waals surface area contributed by atoms with Crippen LogP contribution in [0.2, 0.25) is 12.1 Å². The molecular formula is C22H48O2Si. The Hall–Kier alpha value is 0.137. The molecule has 0 bridgehead atoms. The topological polar surface area (TPSA) is 18.5 Å². The molecule has 0 saturated carbocycles. The first-order chi connectivity index (χ1) is 12.3. The molecular weight excluding hydrogens is 324 g/mol. The van der Waals surface area contributed by atoms with E-state index in [4.69, 9.17) is 9.16 Å². The van der Waals surface area contributed by atoms with Crippen molar-refractivity contribution in [1.29, 1.82) is 0 Å². The highest BCUT2D eigenvalue weighted by atomic mass is 28.3. The summed E-state index contributed by atoms with van der Waals surface area (Å²) in [6.45, 7) is 9.68. The minimum atomic E-state index is -1.10. The molecule has 0 radical (unpaired) electrons. The largest absolute Gasteiger partial charge is 0.396 e. The summed E-state index contributed by atoms with van der Waals surface area (Å²) in [4.78, 5) is 0. The van der Waals surface area contributed by atoms with E-state index in [0.717, 1.165) is 19.4 Å². The van der Waals surface area contributed by atoms with Crippen LogP contribution >= 0.6 is 0 Å². The molecule has 1 atom stereocenters. The van der Waals surface area contributed by atoms with Gasteiger partial charge < -0.3 is 9.16 Å². The first-order valence-corrected chi connectivity index (χ1v) is 13.7.